The Labute approximate surface area is 246 Å². The molecule has 9 rings (SSSR count). The average Bonchev–Trinajstić information content (AvgIpc) is 3.47. The maximum Gasteiger partial charge on any atom is 0.164 e. The molecule has 0 N–H and O–H groups in total. The van der Waals surface area contributed by atoms with Gasteiger partial charge in [0, 0.05) is 27.5 Å². The summed E-state index contributed by atoms with van der Waals surface area (Å²) in [6, 6.07) is 48.1. The molecule has 0 saturated carbocycles. The molecule has 0 aliphatic carbocycles. The van der Waals surface area contributed by atoms with Crippen molar-refractivity contribution in [2.75, 3.05) is 0 Å². The normalized spacial score (nSPS) is 11.7. The summed E-state index contributed by atoms with van der Waals surface area (Å²) in [4.78, 5) is 15.3. The van der Waals surface area contributed by atoms with Gasteiger partial charge >= 0.3 is 0 Å². The van der Waals surface area contributed by atoms with E-state index in [0.717, 1.165) is 70.9 Å². The van der Waals surface area contributed by atoms with E-state index in [1.165, 1.54) is 0 Å². The van der Waals surface area contributed by atoms with Crippen LogP contribution in [0.25, 0.3) is 88.4 Å². The number of hydrogen-bond donors (Lipinski definition) is 0. The monoisotopic (exact) mass is 549 g/mol. The van der Waals surface area contributed by atoms with Gasteiger partial charge in [0.25, 0.3) is 0 Å². The van der Waals surface area contributed by atoms with Crippen LogP contribution in [-0.2, 0) is 0 Å². The SMILES string of the molecule is c1ccc2c(-c3nc(-c4ccc5ccc6oc7ccccc7c6c5c4)nc(-c4cccc5ccccc45)n3)cccc2c1. The summed E-state index contributed by atoms with van der Waals surface area (Å²) >= 11 is 0. The molecule has 0 aliphatic rings. The standard InChI is InChI=1S/C39H23N3O/c1-3-13-28-24(9-1)11-7-16-30(28)38-40-37(41-39(42-38)31-17-8-12-25-10-2-4-14-29(25)31)27-20-19-26-21-22-35-36(33(26)23-27)32-15-5-6-18-34(32)43-35/h1-23H. The van der Waals surface area contributed by atoms with Crippen LogP contribution < -0.4 is 0 Å². The van der Waals surface area contributed by atoms with Gasteiger partial charge in [-0.25, -0.2) is 15.0 Å². The fourth-order valence-electron chi connectivity index (χ4n) is 6.27. The second kappa shape index (κ2) is 9.33. The molecule has 0 spiro atoms. The second-order valence-corrected chi connectivity index (χ2v) is 10.8. The van der Waals surface area contributed by atoms with Crippen molar-refractivity contribution in [2.24, 2.45) is 0 Å². The molecule has 0 saturated heterocycles. The van der Waals surface area contributed by atoms with E-state index >= 15 is 0 Å². The van der Waals surface area contributed by atoms with Crippen molar-refractivity contribution in [1.82, 2.24) is 15.0 Å². The van der Waals surface area contributed by atoms with Gasteiger partial charge < -0.3 is 4.42 Å². The van der Waals surface area contributed by atoms with Crippen LogP contribution in [0.5, 0.6) is 0 Å². The molecule has 4 heteroatoms. The van der Waals surface area contributed by atoms with Gasteiger partial charge in [0.2, 0.25) is 0 Å². The second-order valence-electron chi connectivity index (χ2n) is 10.8. The molecule has 0 unspecified atom stereocenters. The van der Waals surface area contributed by atoms with Crippen molar-refractivity contribution >= 4 is 54.3 Å². The lowest BCUT2D eigenvalue weighted by molar-refractivity contribution is 0.669. The van der Waals surface area contributed by atoms with Crippen molar-refractivity contribution in [1.29, 1.82) is 0 Å². The number of nitrogens with zero attached hydrogens (tertiary/aromatic N) is 3. The molecular weight excluding hydrogens is 526 g/mol. The van der Waals surface area contributed by atoms with Crippen LogP contribution in [0.3, 0.4) is 0 Å². The van der Waals surface area contributed by atoms with Crippen LogP contribution in [0, 0.1) is 0 Å². The molecule has 9 aromatic rings. The van der Waals surface area contributed by atoms with E-state index in [-0.39, 0.29) is 0 Å². The Balaban J connectivity index is 1.34. The summed E-state index contributed by atoms with van der Waals surface area (Å²) < 4.78 is 6.20. The van der Waals surface area contributed by atoms with E-state index < -0.39 is 0 Å². The summed E-state index contributed by atoms with van der Waals surface area (Å²) in [7, 11) is 0. The lowest BCUT2D eigenvalue weighted by Gasteiger charge is -2.12. The molecular formula is C39H23N3O. The van der Waals surface area contributed by atoms with Crippen LogP contribution in [0.15, 0.2) is 144 Å². The number of rotatable bonds is 3. The fraction of sp³-hybridized carbons (Fsp3) is 0. The first-order chi connectivity index (χ1) is 21.3. The average molecular weight is 550 g/mol. The Kier molecular flexibility index (Phi) is 5.16. The minimum atomic E-state index is 0.632. The van der Waals surface area contributed by atoms with Crippen LogP contribution in [0.4, 0.5) is 0 Å². The highest BCUT2D eigenvalue weighted by Gasteiger charge is 2.17. The third-order valence-corrected chi connectivity index (χ3v) is 8.31. The summed E-state index contributed by atoms with van der Waals surface area (Å²) in [5.74, 6) is 1.93. The number of fused-ring (bicyclic) bond motifs is 7. The van der Waals surface area contributed by atoms with Crippen LogP contribution in [0.2, 0.25) is 0 Å². The third-order valence-electron chi connectivity index (χ3n) is 8.31. The summed E-state index contributed by atoms with van der Waals surface area (Å²) in [5.41, 5.74) is 4.64. The fourth-order valence-corrected chi connectivity index (χ4v) is 6.27. The highest BCUT2D eigenvalue weighted by molar-refractivity contribution is 6.19. The highest BCUT2D eigenvalue weighted by Crippen LogP contribution is 2.37. The predicted molar refractivity (Wildman–Crippen MR) is 176 cm³/mol. The van der Waals surface area contributed by atoms with Crippen molar-refractivity contribution in [2.45, 2.75) is 0 Å². The van der Waals surface area contributed by atoms with Crippen molar-refractivity contribution in [3.8, 4) is 34.2 Å². The number of furan rings is 1. The lowest BCUT2D eigenvalue weighted by atomic mass is 10.0. The first kappa shape index (κ1) is 23.8. The van der Waals surface area contributed by atoms with Gasteiger partial charge in [-0.15, -0.1) is 0 Å². The number of benzene rings is 7. The summed E-state index contributed by atoms with van der Waals surface area (Å²) in [6.07, 6.45) is 0. The molecule has 0 fully saturated rings. The Hall–Kier alpha value is -5.87. The van der Waals surface area contributed by atoms with E-state index in [2.05, 4.69) is 127 Å². The highest BCUT2D eigenvalue weighted by atomic mass is 16.3. The Bertz CT molecular complexity index is 2420. The van der Waals surface area contributed by atoms with Crippen LogP contribution in [-0.4, -0.2) is 15.0 Å². The maximum absolute atomic E-state index is 6.20. The van der Waals surface area contributed by atoms with Gasteiger partial charge in [-0.05, 0) is 50.5 Å². The van der Waals surface area contributed by atoms with Gasteiger partial charge in [-0.2, -0.15) is 0 Å². The number of para-hydroxylation sites is 1. The smallest absolute Gasteiger partial charge is 0.164 e. The van der Waals surface area contributed by atoms with E-state index in [1.54, 1.807) is 0 Å². The van der Waals surface area contributed by atoms with Gasteiger partial charge in [0.1, 0.15) is 11.2 Å². The molecule has 2 heterocycles. The summed E-state index contributed by atoms with van der Waals surface area (Å²) in [5, 5.41) is 8.96. The van der Waals surface area contributed by atoms with Gasteiger partial charge in [0.15, 0.2) is 17.5 Å². The largest absolute Gasteiger partial charge is 0.456 e. The van der Waals surface area contributed by atoms with E-state index in [0.29, 0.717) is 17.5 Å². The maximum atomic E-state index is 6.20. The van der Waals surface area contributed by atoms with E-state index in [4.69, 9.17) is 19.4 Å². The molecule has 0 bridgehead atoms. The third kappa shape index (κ3) is 3.81. The summed E-state index contributed by atoms with van der Waals surface area (Å²) in [6.45, 7) is 0. The molecule has 200 valence electrons. The van der Waals surface area contributed by atoms with Gasteiger partial charge in [-0.3, -0.25) is 0 Å². The molecule has 0 amide bonds. The molecule has 0 atom stereocenters. The minimum absolute atomic E-state index is 0.632. The molecule has 43 heavy (non-hydrogen) atoms. The van der Waals surface area contributed by atoms with E-state index in [1.807, 2.05) is 12.1 Å². The van der Waals surface area contributed by atoms with E-state index in [9.17, 15) is 0 Å². The zero-order valence-electron chi connectivity index (χ0n) is 23.0. The zero-order chi connectivity index (χ0) is 28.3. The van der Waals surface area contributed by atoms with Crippen LogP contribution in [0.1, 0.15) is 0 Å². The molecule has 4 nitrogen and oxygen atoms in total. The minimum Gasteiger partial charge on any atom is -0.456 e. The Morgan fingerprint density at radius 1 is 0.372 bits per heavy atom. The predicted octanol–water partition coefficient (Wildman–Crippen LogP) is 10.2. The first-order valence-corrected chi connectivity index (χ1v) is 14.4. The topological polar surface area (TPSA) is 51.8 Å². The van der Waals surface area contributed by atoms with Gasteiger partial charge in [0.05, 0.1) is 0 Å². The van der Waals surface area contributed by atoms with Crippen molar-refractivity contribution < 1.29 is 4.42 Å². The first-order valence-electron chi connectivity index (χ1n) is 14.4. The van der Waals surface area contributed by atoms with Crippen molar-refractivity contribution in [3.05, 3.63) is 140 Å². The molecule has 0 radical (unpaired) electrons. The molecule has 2 aromatic heterocycles. The lowest BCUT2D eigenvalue weighted by Crippen LogP contribution is -2.01. The number of hydrogen-bond acceptors (Lipinski definition) is 4. The zero-order valence-corrected chi connectivity index (χ0v) is 23.0. The molecule has 0 aliphatic heterocycles. The van der Waals surface area contributed by atoms with Crippen LogP contribution >= 0.6 is 0 Å². The Morgan fingerprint density at radius 3 is 1.60 bits per heavy atom. The quantitative estimate of drug-likeness (QED) is 0.220. The van der Waals surface area contributed by atoms with Gasteiger partial charge in [-0.1, -0.05) is 121 Å². The van der Waals surface area contributed by atoms with Crippen molar-refractivity contribution in [3.63, 3.8) is 0 Å². The Morgan fingerprint density at radius 2 is 0.907 bits per heavy atom. The number of aromatic nitrogens is 3. The molecule has 7 aromatic carbocycles.